The Labute approximate surface area is 143 Å². The zero-order chi connectivity index (χ0) is 16.5. The topological polar surface area (TPSA) is 49.4 Å². The molecule has 1 aromatic rings. The third-order valence-corrected chi connectivity index (χ3v) is 5.78. The fourth-order valence-corrected chi connectivity index (χ4v) is 3.47. The minimum Gasteiger partial charge on any atom is -0.335 e. The van der Waals surface area contributed by atoms with Gasteiger partial charge in [0.15, 0.2) is 0 Å². The molecular formula is C20H26N2O2. The molecule has 0 radical (unpaired) electrons. The van der Waals surface area contributed by atoms with Gasteiger partial charge in [0, 0.05) is 30.1 Å². The molecule has 24 heavy (non-hydrogen) atoms. The number of nitrogens with one attached hydrogen (secondary N) is 1. The highest BCUT2D eigenvalue weighted by Crippen LogP contribution is 2.35. The van der Waals surface area contributed by atoms with Gasteiger partial charge in [0.25, 0.3) is 0 Å². The van der Waals surface area contributed by atoms with Crippen molar-refractivity contribution in [1.82, 2.24) is 4.90 Å². The fourth-order valence-electron chi connectivity index (χ4n) is 3.47. The Balaban J connectivity index is 1.36. The van der Waals surface area contributed by atoms with Crippen LogP contribution in [-0.4, -0.2) is 22.8 Å². The maximum absolute atomic E-state index is 12.6. The van der Waals surface area contributed by atoms with Crippen molar-refractivity contribution in [3.63, 3.8) is 0 Å². The van der Waals surface area contributed by atoms with E-state index in [2.05, 4.69) is 10.2 Å². The largest absolute Gasteiger partial charge is 0.335 e. The molecule has 3 saturated carbocycles. The van der Waals surface area contributed by atoms with E-state index in [0.717, 1.165) is 49.8 Å². The lowest BCUT2D eigenvalue weighted by atomic mass is 9.84. The summed E-state index contributed by atoms with van der Waals surface area (Å²) in [5.74, 6) is 0.974. The van der Waals surface area contributed by atoms with Crippen molar-refractivity contribution >= 4 is 17.5 Å². The summed E-state index contributed by atoms with van der Waals surface area (Å²) in [5, 5.41) is 3.00. The maximum Gasteiger partial charge on any atom is 0.227 e. The predicted molar refractivity (Wildman–Crippen MR) is 93.3 cm³/mol. The predicted octanol–water partition coefficient (Wildman–Crippen LogP) is 3.72. The molecule has 0 heterocycles. The first-order valence-electron chi connectivity index (χ1n) is 9.41. The van der Waals surface area contributed by atoms with Gasteiger partial charge in [-0.25, -0.2) is 0 Å². The highest BCUT2D eigenvalue weighted by molar-refractivity contribution is 5.93. The number of hydrogen-bond acceptors (Lipinski definition) is 2. The summed E-state index contributed by atoms with van der Waals surface area (Å²) < 4.78 is 0. The lowest BCUT2D eigenvalue weighted by Gasteiger charge is -2.32. The molecule has 1 aromatic carbocycles. The first-order valence-corrected chi connectivity index (χ1v) is 9.41. The van der Waals surface area contributed by atoms with Crippen LogP contribution in [-0.2, 0) is 16.1 Å². The highest BCUT2D eigenvalue weighted by Gasteiger charge is 2.37. The van der Waals surface area contributed by atoms with E-state index < -0.39 is 0 Å². The molecule has 4 rings (SSSR count). The normalized spacial score (nSPS) is 20.8. The van der Waals surface area contributed by atoms with Crippen molar-refractivity contribution in [1.29, 1.82) is 0 Å². The molecule has 3 fully saturated rings. The quantitative estimate of drug-likeness (QED) is 0.866. The summed E-state index contributed by atoms with van der Waals surface area (Å²) in [4.78, 5) is 26.7. The maximum atomic E-state index is 12.6. The minimum absolute atomic E-state index is 0.147. The zero-order valence-electron chi connectivity index (χ0n) is 14.2. The average molecular weight is 326 g/mol. The smallest absolute Gasteiger partial charge is 0.227 e. The van der Waals surface area contributed by atoms with Gasteiger partial charge >= 0.3 is 0 Å². The summed E-state index contributed by atoms with van der Waals surface area (Å²) in [5.41, 5.74) is 2.01. The lowest BCUT2D eigenvalue weighted by Crippen LogP contribution is -2.39. The Morgan fingerprint density at radius 3 is 2.04 bits per heavy atom. The second-order valence-corrected chi connectivity index (χ2v) is 7.64. The molecule has 3 aliphatic rings. The van der Waals surface area contributed by atoms with Crippen molar-refractivity contribution in [2.45, 2.75) is 64.0 Å². The number of carbonyl (C=O) groups excluding carboxylic acids is 2. The molecule has 0 spiro atoms. The standard InChI is InChI=1S/C20H26N2O2/c23-19(15-3-1-4-15)21-17-9-7-14(8-10-17)13-22(18-11-12-18)20(24)16-5-2-6-16/h7-10,15-16,18H,1-6,11-13H2,(H,21,23). The summed E-state index contributed by atoms with van der Waals surface area (Å²) in [6, 6.07) is 8.46. The van der Waals surface area contributed by atoms with Gasteiger partial charge < -0.3 is 10.2 Å². The van der Waals surface area contributed by atoms with Crippen LogP contribution < -0.4 is 5.32 Å². The van der Waals surface area contributed by atoms with Crippen LogP contribution in [0.2, 0.25) is 0 Å². The number of rotatable bonds is 6. The fraction of sp³-hybridized carbons (Fsp3) is 0.600. The van der Waals surface area contributed by atoms with Gasteiger partial charge in [0.2, 0.25) is 11.8 Å². The zero-order valence-corrected chi connectivity index (χ0v) is 14.2. The van der Waals surface area contributed by atoms with Gasteiger partial charge in [0.05, 0.1) is 0 Å². The van der Waals surface area contributed by atoms with Gasteiger partial charge in [-0.1, -0.05) is 25.0 Å². The molecule has 0 unspecified atom stereocenters. The van der Waals surface area contributed by atoms with E-state index in [-0.39, 0.29) is 17.7 Å². The van der Waals surface area contributed by atoms with E-state index in [1.165, 1.54) is 12.8 Å². The first-order chi connectivity index (χ1) is 11.7. The molecule has 0 bridgehead atoms. The second kappa shape index (κ2) is 6.58. The van der Waals surface area contributed by atoms with Gasteiger partial charge in [-0.05, 0) is 56.2 Å². The SMILES string of the molecule is O=C(Nc1ccc(CN(C(=O)C2CCC2)C2CC2)cc1)C1CCC1. The monoisotopic (exact) mass is 326 g/mol. The van der Waals surface area contributed by atoms with Crippen molar-refractivity contribution in [2.75, 3.05) is 5.32 Å². The molecule has 0 aromatic heterocycles. The van der Waals surface area contributed by atoms with Crippen LogP contribution in [0.25, 0.3) is 0 Å². The van der Waals surface area contributed by atoms with Gasteiger partial charge in [-0.15, -0.1) is 0 Å². The summed E-state index contributed by atoms with van der Waals surface area (Å²) >= 11 is 0. The van der Waals surface area contributed by atoms with E-state index in [1.54, 1.807) is 0 Å². The summed E-state index contributed by atoms with van der Waals surface area (Å²) in [7, 11) is 0. The van der Waals surface area contributed by atoms with E-state index >= 15 is 0 Å². The molecule has 2 amide bonds. The molecule has 0 aliphatic heterocycles. The van der Waals surface area contributed by atoms with Crippen LogP contribution in [0.15, 0.2) is 24.3 Å². The van der Waals surface area contributed by atoms with Crippen LogP contribution in [0.4, 0.5) is 5.69 Å². The lowest BCUT2D eigenvalue weighted by molar-refractivity contribution is -0.139. The molecule has 0 atom stereocenters. The van der Waals surface area contributed by atoms with E-state index in [4.69, 9.17) is 0 Å². The van der Waals surface area contributed by atoms with Gasteiger partial charge in [-0.3, -0.25) is 9.59 Å². The Morgan fingerprint density at radius 2 is 1.54 bits per heavy atom. The third-order valence-electron chi connectivity index (χ3n) is 5.78. The highest BCUT2D eigenvalue weighted by atomic mass is 16.2. The number of anilines is 1. The van der Waals surface area contributed by atoms with Crippen LogP contribution in [0.5, 0.6) is 0 Å². The Morgan fingerprint density at radius 1 is 0.917 bits per heavy atom. The second-order valence-electron chi connectivity index (χ2n) is 7.64. The molecule has 128 valence electrons. The van der Waals surface area contributed by atoms with Crippen molar-refractivity contribution in [2.24, 2.45) is 11.8 Å². The number of carbonyl (C=O) groups is 2. The van der Waals surface area contributed by atoms with Crippen LogP contribution in [0.3, 0.4) is 0 Å². The molecule has 4 nitrogen and oxygen atoms in total. The first kappa shape index (κ1) is 15.7. The molecule has 0 saturated heterocycles. The van der Waals surface area contributed by atoms with Crippen molar-refractivity contribution in [3.8, 4) is 0 Å². The Hall–Kier alpha value is -1.84. The number of hydrogen-bond donors (Lipinski definition) is 1. The van der Waals surface area contributed by atoms with E-state index in [9.17, 15) is 9.59 Å². The van der Waals surface area contributed by atoms with Gasteiger partial charge in [-0.2, -0.15) is 0 Å². The number of nitrogens with zero attached hydrogens (tertiary/aromatic N) is 1. The van der Waals surface area contributed by atoms with E-state index in [0.29, 0.717) is 18.5 Å². The number of benzene rings is 1. The summed E-state index contributed by atoms with van der Waals surface area (Å²) in [6.07, 6.45) is 8.82. The number of amides is 2. The van der Waals surface area contributed by atoms with Crippen LogP contribution in [0.1, 0.15) is 56.9 Å². The van der Waals surface area contributed by atoms with Gasteiger partial charge in [0.1, 0.15) is 0 Å². The molecule has 4 heteroatoms. The summed E-state index contributed by atoms with van der Waals surface area (Å²) in [6.45, 7) is 0.705. The van der Waals surface area contributed by atoms with Crippen molar-refractivity contribution < 1.29 is 9.59 Å². The van der Waals surface area contributed by atoms with Crippen molar-refractivity contribution in [3.05, 3.63) is 29.8 Å². The van der Waals surface area contributed by atoms with Crippen LogP contribution in [0, 0.1) is 11.8 Å². The Kier molecular flexibility index (Phi) is 4.30. The minimum atomic E-state index is 0.147. The molecule has 3 aliphatic carbocycles. The Bertz CT molecular complexity index is 613. The van der Waals surface area contributed by atoms with Crippen LogP contribution >= 0.6 is 0 Å². The third kappa shape index (κ3) is 3.33. The molecule has 1 N–H and O–H groups in total. The molecular weight excluding hydrogens is 300 g/mol. The van der Waals surface area contributed by atoms with E-state index in [1.807, 2.05) is 24.3 Å². The average Bonchev–Trinajstić information content (AvgIpc) is 3.27.